The van der Waals surface area contributed by atoms with Gasteiger partial charge in [0.15, 0.2) is 0 Å². The molecule has 0 N–H and O–H groups in total. The molecule has 0 saturated carbocycles. The molecule has 2 atom stereocenters. The summed E-state index contributed by atoms with van der Waals surface area (Å²) in [5, 5.41) is 0. The van der Waals surface area contributed by atoms with Crippen molar-refractivity contribution in [1.29, 1.82) is 0 Å². The third kappa shape index (κ3) is 25.1. The molecule has 2 unspecified atom stereocenters. The molecule has 2 aromatic rings. The maximum Gasteiger partial charge on any atom is 1.00 e. The van der Waals surface area contributed by atoms with E-state index in [1.165, 1.54) is 140 Å². The van der Waals surface area contributed by atoms with Crippen molar-refractivity contribution in [2.24, 2.45) is 0 Å². The number of hydrogen-bond donors (Lipinski definition) is 0. The van der Waals surface area contributed by atoms with E-state index in [2.05, 4.69) is 75.5 Å². The molecule has 0 bridgehead atoms. The second-order valence-corrected chi connectivity index (χ2v) is 12.4. The number of ether oxygens (including phenoxy) is 1. The van der Waals surface area contributed by atoms with Crippen molar-refractivity contribution >= 4 is 0 Å². The minimum Gasteiger partial charge on any atom is -1.00 e. The minimum absolute atomic E-state index is 0. The first kappa shape index (κ1) is 42.9. The van der Waals surface area contributed by atoms with E-state index in [1.807, 2.05) is 24.3 Å². The molecule has 2 aromatic carbocycles. The molecule has 0 aromatic heterocycles. The average molecular weight is 613 g/mol. The number of unbranched alkanes of at least 4 members (excludes halogenated alkanes) is 18. The van der Waals surface area contributed by atoms with Crippen molar-refractivity contribution in [2.45, 2.75) is 167 Å². The molecular weight excluding hydrogens is 543 g/mol. The molecular formula is C42H69NaO. The van der Waals surface area contributed by atoms with Gasteiger partial charge in [-0.2, -0.15) is 0 Å². The first-order valence-electron chi connectivity index (χ1n) is 18.3. The molecule has 244 valence electrons. The zero-order valence-electron chi connectivity index (χ0n) is 30.5. The van der Waals surface area contributed by atoms with Crippen molar-refractivity contribution in [3.8, 4) is 11.1 Å². The van der Waals surface area contributed by atoms with Gasteiger partial charge in [-0.15, -0.1) is 13.2 Å². The van der Waals surface area contributed by atoms with E-state index < -0.39 is 0 Å². The van der Waals surface area contributed by atoms with Crippen LogP contribution in [0, 0.1) is 0 Å². The van der Waals surface area contributed by atoms with E-state index in [0.717, 1.165) is 12.8 Å². The van der Waals surface area contributed by atoms with Crippen molar-refractivity contribution in [2.75, 3.05) is 0 Å². The van der Waals surface area contributed by atoms with Gasteiger partial charge in [-0.25, -0.2) is 0 Å². The number of hydrogen-bond acceptors (Lipinski definition) is 1. The number of benzene rings is 2. The summed E-state index contributed by atoms with van der Waals surface area (Å²) in [6.45, 7) is 12.6. The van der Waals surface area contributed by atoms with Gasteiger partial charge in [0, 0.05) is 0 Å². The van der Waals surface area contributed by atoms with E-state index in [0.29, 0.717) is 0 Å². The van der Waals surface area contributed by atoms with E-state index in [9.17, 15) is 0 Å². The monoisotopic (exact) mass is 613 g/mol. The summed E-state index contributed by atoms with van der Waals surface area (Å²) < 4.78 is 6.28. The van der Waals surface area contributed by atoms with Crippen LogP contribution >= 0.6 is 0 Å². The second kappa shape index (κ2) is 33.2. The summed E-state index contributed by atoms with van der Waals surface area (Å²) in [6.07, 6.45) is 34.3. The summed E-state index contributed by atoms with van der Waals surface area (Å²) in [6, 6.07) is 20.8. The van der Waals surface area contributed by atoms with Crippen LogP contribution in [0.5, 0.6) is 0 Å². The molecule has 0 aliphatic carbocycles. The van der Waals surface area contributed by atoms with Crippen LogP contribution in [0.15, 0.2) is 86.0 Å². The molecule has 44 heavy (non-hydrogen) atoms. The molecule has 0 aliphatic heterocycles. The summed E-state index contributed by atoms with van der Waals surface area (Å²) in [5.74, 6) is 0. The van der Waals surface area contributed by atoms with Crippen molar-refractivity contribution < 1.29 is 35.7 Å². The molecule has 0 radical (unpaired) electrons. The molecule has 0 aliphatic rings. The predicted octanol–water partition coefficient (Wildman–Crippen LogP) is 11.2. The summed E-state index contributed by atoms with van der Waals surface area (Å²) in [4.78, 5) is 0. The van der Waals surface area contributed by atoms with Crippen LogP contribution in [0.1, 0.15) is 157 Å². The predicted molar refractivity (Wildman–Crippen MR) is 195 cm³/mol. The van der Waals surface area contributed by atoms with E-state index >= 15 is 0 Å². The fourth-order valence-electron chi connectivity index (χ4n) is 5.63. The topological polar surface area (TPSA) is 9.23 Å². The normalized spacial score (nSPS) is 12.0. The van der Waals surface area contributed by atoms with Crippen LogP contribution in [0.2, 0.25) is 0 Å². The van der Waals surface area contributed by atoms with Gasteiger partial charge < -0.3 is 6.16 Å². The Morgan fingerprint density at radius 3 is 1.02 bits per heavy atom. The van der Waals surface area contributed by atoms with Gasteiger partial charge in [0.1, 0.15) is 0 Å². The SMILES string of the molecule is C=CC(CCCCCCCCCCCC)OC(C=C)CCCCCCCCCCCC.[H-].[Na+].c1ccc(-c2ccccc2)cc1. The standard InChI is InChI=1S/C30H58O.C12H10.Na.H/c1-5-9-11-13-15-17-19-21-23-25-27-29(7-3)31-30(8-4)28-26-24-22-20-18-16-14-12-10-6-2;1-3-7-11(8-4-1)12-9-5-2-6-10-12;;/h7-8,29-30H,3-6,9-28H2,1-2H3;1-10H;;/q;;+1;-1. The average Bonchev–Trinajstić information content (AvgIpc) is 3.06. The van der Waals surface area contributed by atoms with E-state index in [1.54, 1.807) is 0 Å². The first-order chi connectivity index (χ1) is 21.2. The smallest absolute Gasteiger partial charge is 1.00 e. The molecule has 2 heteroatoms. The third-order valence-electron chi connectivity index (χ3n) is 8.44. The Morgan fingerprint density at radius 2 is 0.750 bits per heavy atom. The van der Waals surface area contributed by atoms with Crippen LogP contribution in [0.25, 0.3) is 11.1 Å². The first-order valence-corrected chi connectivity index (χ1v) is 18.3. The summed E-state index contributed by atoms with van der Waals surface area (Å²) >= 11 is 0. The maximum atomic E-state index is 6.28. The second-order valence-electron chi connectivity index (χ2n) is 12.4. The zero-order valence-corrected chi connectivity index (χ0v) is 31.5. The quantitative estimate of drug-likeness (QED) is 0.0554. The fourth-order valence-corrected chi connectivity index (χ4v) is 5.63. The molecule has 0 saturated heterocycles. The van der Waals surface area contributed by atoms with Gasteiger partial charge in [0.25, 0.3) is 0 Å². The van der Waals surface area contributed by atoms with Gasteiger partial charge in [-0.3, -0.25) is 0 Å². The van der Waals surface area contributed by atoms with Crippen molar-refractivity contribution in [3.63, 3.8) is 0 Å². The Bertz CT molecular complexity index is 784. The van der Waals surface area contributed by atoms with Crippen LogP contribution in [-0.4, -0.2) is 12.2 Å². The van der Waals surface area contributed by atoms with Crippen LogP contribution < -0.4 is 29.6 Å². The largest absolute Gasteiger partial charge is 1.00 e. The van der Waals surface area contributed by atoms with Gasteiger partial charge in [0.05, 0.1) is 12.2 Å². The Kier molecular flexibility index (Phi) is 32.4. The Balaban J connectivity index is 0. The molecule has 0 fully saturated rings. The van der Waals surface area contributed by atoms with Gasteiger partial charge in [0.2, 0.25) is 0 Å². The summed E-state index contributed by atoms with van der Waals surface area (Å²) in [5.41, 5.74) is 2.55. The van der Waals surface area contributed by atoms with Gasteiger partial charge in [-0.05, 0) is 24.0 Å². The molecule has 0 amide bonds. The molecule has 1 nitrogen and oxygen atoms in total. The molecule has 0 heterocycles. The minimum atomic E-state index is 0. The van der Waals surface area contributed by atoms with Crippen molar-refractivity contribution in [3.05, 3.63) is 86.0 Å². The summed E-state index contributed by atoms with van der Waals surface area (Å²) in [7, 11) is 0. The molecule has 0 spiro atoms. The van der Waals surface area contributed by atoms with Gasteiger partial charge >= 0.3 is 29.6 Å². The Labute approximate surface area is 298 Å². The third-order valence-corrected chi connectivity index (χ3v) is 8.44. The molecule has 2 rings (SSSR count). The Hall–Kier alpha value is -1.12. The zero-order chi connectivity index (χ0) is 31.1. The van der Waals surface area contributed by atoms with Gasteiger partial charge in [-0.1, -0.05) is 215 Å². The van der Waals surface area contributed by atoms with Crippen LogP contribution in [-0.2, 0) is 4.74 Å². The number of rotatable bonds is 27. The Morgan fingerprint density at radius 1 is 0.477 bits per heavy atom. The maximum absolute atomic E-state index is 6.28. The van der Waals surface area contributed by atoms with Crippen molar-refractivity contribution in [1.82, 2.24) is 0 Å². The van der Waals surface area contributed by atoms with Crippen LogP contribution in [0.3, 0.4) is 0 Å². The van der Waals surface area contributed by atoms with Crippen LogP contribution in [0.4, 0.5) is 0 Å². The van der Waals surface area contributed by atoms with E-state index in [-0.39, 0.29) is 43.2 Å². The van der Waals surface area contributed by atoms with E-state index in [4.69, 9.17) is 4.74 Å². The fraction of sp³-hybridized carbons (Fsp3) is 0.619.